The minimum atomic E-state index is -0.688. The minimum absolute atomic E-state index is 0.0468. The van der Waals surface area contributed by atoms with Crippen molar-refractivity contribution in [2.24, 2.45) is 0 Å². The van der Waals surface area contributed by atoms with Gasteiger partial charge in [0.1, 0.15) is 11.2 Å². The number of aromatic nitrogens is 1. The molecule has 1 heterocycles. The largest absolute Gasteiger partial charge is 0.465 e. The van der Waals surface area contributed by atoms with Gasteiger partial charge in [0.05, 0.1) is 7.11 Å². The van der Waals surface area contributed by atoms with Crippen LogP contribution in [0.1, 0.15) is 38.1 Å². The smallest absolute Gasteiger partial charge is 0.407 e. The van der Waals surface area contributed by atoms with Gasteiger partial charge < -0.3 is 19.4 Å². The van der Waals surface area contributed by atoms with Crippen molar-refractivity contribution in [2.75, 3.05) is 7.11 Å². The van der Waals surface area contributed by atoms with Gasteiger partial charge in [0.2, 0.25) is 0 Å². The Hall–Kier alpha value is -2.31. The number of nitrogens with zero attached hydrogens (tertiary/aromatic N) is 1. The fourth-order valence-corrected chi connectivity index (χ4v) is 1.80. The van der Waals surface area contributed by atoms with E-state index in [2.05, 4.69) is 10.1 Å². The summed E-state index contributed by atoms with van der Waals surface area (Å²) in [6.07, 6.45) is 0.986. The Balaban J connectivity index is 2.77. The summed E-state index contributed by atoms with van der Waals surface area (Å²) in [7, 11) is 1.21. The summed E-state index contributed by atoms with van der Waals surface area (Å²) in [5.41, 5.74) is -1.10. The Morgan fingerprint density at radius 1 is 1.36 bits per heavy atom. The molecule has 0 unspecified atom stereocenters. The van der Waals surface area contributed by atoms with Gasteiger partial charge in [0.15, 0.2) is 0 Å². The van der Waals surface area contributed by atoms with Crippen molar-refractivity contribution >= 4 is 12.1 Å². The van der Waals surface area contributed by atoms with Gasteiger partial charge in [-0.05, 0) is 39.8 Å². The third kappa shape index (κ3) is 5.23. The van der Waals surface area contributed by atoms with Gasteiger partial charge in [-0.3, -0.25) is 4.79 Å². The number of esters is 1. The van der Waals surface area contributed by atoms with Gasteiger partial charge in [-0.15, -0.1) is 0 Å². The van der Waals surface area contributed by atoms with Gasteiger partial charge >= 0.3 is 12.1 Å². The zero-order valence-electron chi connectivity index (χ0n) is 13.5. The standard InChI is InChI=1S/C15H22N2O5/c1-10(16-14(20)22-15(2,3)4)9-17-8-6-7-11(12(17)18)13(19)21-5/h6-8,10H,9H2,1-5H3,(H,16,20)/t10-/m0/s1. The quantitative estimate of drug-likeness (QED) is 0.853. The lowest BCUT2D eigenvalue weighted by molar-refractivity contribution is 0.0501. The van der Waals surface area contributed by atoms with Crippen LogP contribution in [0.5, 0.6) is 0 Å². The number of pyridine rings is 1. The molecule has 1 amide bonds. The maximum absolute atomic E-state index is 12.1. The van der Waals surface area contributed by atoms with Crippen molar-refractivity contribution in [3.63, 3.8) is 0 Å². The summed E-state index contributed by atoms with van der Waals surface area (Å²) >= 11 is 0. The van der Waals surface area contributed by atoms with Crippen LogP contribution in [0.2, 0.25) is 0 Å². The third-order valence-electron chi connectivity index (χ3n) is 2.66. The Labute approximate surface area is 129 Å². The third-order valence-corrected chi connectivity index (χ3v) is 2.66. The highest BCUT2D eigenvalue weighted by molar-refractivity contribution is 5.88. The summed E-state index contributed by atoms with van der Waals surface area (Å²) in [5.74, 6) is -0.688. The van der Waals surface area contributed by atoms with Crippen LogP contribution >= 0.6 is 0 Å². The van der Waals surface area contributed by atoms with Crippen molar-refractivity contribution in [1.29, 1.82) is 0 Å². The Bertz CT molecular complexity index is 601. The Morgan fingerprint density at radius 2 is 2.00 bits per heavy atom. The minimum Gasteiger partial charge on any atom is -0.465 e. The molecule has 1 N–H and O–H groups in total. The van der Waals surface area contributed by atoms with Crippen LogP contribution in [0, 0.1) is 0 Å². The fourth-order valence-electron chi connectivity index (χ4n) is 1.80. The van der Waals surface area contributed by atoms with Crippen LogP contribution < -0.4 is 10.9 Å². The van der Waals surface area contributed by atoms with Gasteiger partial charge in [-0.1, -0.05) is 0 Å². The average Bonchev–Trinajstić information content (AvgIpc) is 2.37. The highest BCUT2D eigenvalue weighted by Gasteiger charge is 2.18. The number of amides is 1. The van der Waals surface area contributed by atoms with E-state index in [9.17, 15) is 14.4 Å². The lowest BCUT2D eigenvalue weighted by Crippen LogP contribution is -2.41. The average molecular weight is 310 g/mol. The van der Waals surface area contributed by atoms with E-state index in [0.717, 1.165) is 0 Å². The molecule has 1 atom stereocenters. The number of nitrogens with one attached hydrogen (secondary N) is 1. The van der Waals surface area contributed by atoms with Crippen molar-refractivity contribution in [3.05, 3.63) is 34.2 Å². The molecule has 0 saturated heterocycles. The molecule has 0 bridgehead atoms. The normalized spacial score (nSPS) is 12.4. The van der Waals surface area contributed by atoms with Crippen LogP contribution in [0.4, 0.5) is 4.79 Å². The number of hydrogen-bond donors (Lipinski definition) is 1. The second-order valence-corrected chi connectivity index (χ2v) is 5.92. The molecule has 0 radical (unpaired) electrons. The second kappa shape index (κ2) is 7.11. The summed E-state index contributed by atoms with van der Waals surface area (Å²) in [5, 5.41) is 2.64. The number of rotatable bonds is 4. The first-order chi connectivity index (χ1) is 10.1. The van der Waals surface area contributed by atoms with Crippen molar-refractivity contribution < 1.29 is 19.1 Å². The number of methoxy groups -OCH3 is 1. The molecule has 1 rings (SSSR count). The van der Waals surface area contributed by atoms with Crippen LogP contribution in [0.3, 0.4) is 0 Å². The maximum Gasteiger partial charge on any atom is 0.407 e. The molecule has 7 nitrogen and oxygen atoms in total. The van der Waals surface area contributed by atoms with E-state index in [0.29, 0.717) is 0 Å². The molecule has 0 aliphatic heterocycles. The second-order valence-electron chi connectivity index (χ2n) is 5.92. The van der Waals surface area contributed by atoms with E-state index in [-0.39, 0.29) is 18.2 Å². The predicted molar refractivity (Wildman–Crippen MR) is 80.9 cm³/mol. The molecule has 0 aromatic carbocycles. The van der Waals surface area contributed by atoms with E-state index in [1.54, 1.807) is 40.0 Å². The first kappa shape index (κ1) is 17.7. The van der Waals surface area contributed by atoms with Gasteiger partial charge in [0.25, 0.3) is 5.56 Å². The molecule has 0 aliphatic rings. The monoisotopic (exact) mass is 310 g/mol. The summed E-state index contributed by atoms with van der Waals surface area (Å²) < 4.78 is 11.0. The highest BCUT2D eigenvalue weighted by Crippen LogP contribution is 2.07. The molecular weight excluding hydrogens is 288 g/mol. The fraction of sp³-hybridized carbons (Fsp3) is 0.533. The molecule has 0 spiro atoms. The molecule has 0 aliphatic carbocycles. The summed E-state index contributed by atoms with van der Waals surface area (Å²) in [4.78, 5) is 35.3. The molecule has 122 valence electrons. The van der Waals surface area contributed by atoms with E-state index in [1.807, 2.05) is 0 Å². The first-order valence-electron chi connectivity index (χ1n) is 6.91. The maximum atomic E-state index is 12.1. The van der Waals surface area contributed by atoms with Crippen LogP contribution in [0.25, 0.3) is 0 Å². The number of hydrogen-bond acceptors (Lipinski definition) is 5. The number of ether oxygens (including phenoxy) is 2. The highest BCUT2D eigenvalue weighted by atomic mass is 16.6. The zero-order valence-corrected chi connectivity index (χ0v) is 13.5. The molecule has 0 saturated carbocycles. The number of carbonyl (C=O) groups is 2. The van der Waals surface area contributed by atoms with Crippen LogP contribution in [-0.4, -0.2) is 35.4 Å². The topological polar surface area (TPSA) is 86.6 Å². The molecule has 1 aromatic heterocycles. The lowest BCUT2D eigenvalue weighted by Gasteiger charge is -2.22. The molecule has 7 heteroatoms. The van der Waals surface area contributed by atoms with Crippen molar-refractivity contribution in [1.82, 2.24) is 9.88 Å². The van der Waals surface area contributed by atoms with E-state index < -0.39 is 23.2 Å². The van der Waals surface area contributed by atoms with Crippen LogP contribution in [0.15, 0.2) is 23.1 Å². The summed E-state index contributed by atoms with van der Waals surface area (Å²) in [6, 6.07) is 2.63. The summed E-state index contributed by atoms with van der Waals surface area (Å²) in [6.45, 7) is 7.24. The van der Waals surface area contributed by atoms with Gasteiger partial charge in [-0.2, -0.15) is 0 Å². The number of carbonyl (C=O) groups excluding carboxylic acids is 2. The lowest BCUT2D eigenvalue weighted by atomic mass is 10.2. The molecule has 1 aromatic rings. The first-order valence-corrected chi connectivity index (χ1v) is 6.91. The Morgan fingerprint density at radius 3 is 2.55 bits per heavy atom. The van der Waals surface area contributed by atoms with Gasteiger partial charge in [-0.25, -0.2) is 9.59 Å². The molecule has 0 fully saturated rings. The van der Waals surface area contributed by atoms with E-state index in [4.69, 9.17) is 4.74 Å². The van der Waals surface area contributed by atoms with E-state index in [1.165, 1.54) is 17.7 Å². The zero-order chi connectivity index (χ0) is 16.9. The molecular formula is C15H22N2O5. The number of alkyl carbamates (subject to hydrolysis) is 1. The molecule has 22 heavy (non-hydrogen) atoms. The van der Waals surface area contributed by atoms with Crippen molar-refractivity contribution in [2.45, 2.75) is 45.9 Å². The van der Waals surface area contributed by atoms with Crippen LogP contribution in [-0.2, 0) is 16.0 Å². The Kier molecular flexibility index (Phi) is 5.73. The van der Waals surface area contributed by atoms with Gasteiger partial charge in [0, 0.05) is 18.8 Å². The predicted octanol–water partition coefficient (Wildman–Crippen LogP) is 1.55. The SMILES string of the molecule is COC(=O)c1cccn(C[C@H](C)NC(=O)OC(C)(C)C)c1=O. The van der Waals surface area contributed by atoms with Crippen molar-refractivity contribution in [3.8, 4) is 0 Å². The van der Waals surface area contributed by atoms with E-state index >= 15 is 0 Å².